The SMILES string of the molecule is Cc1cc(S(=O)[O-])ccc1-n1cnnn1.[Na+]. The van der Waals surface area contributed by atoms with Crippen molar-refractivity contribution in [2.75, 3.05) is 0 Å². The van der Waals surface area contributed by atoms with E-state index in [2.05, 4.69) is 15.5 Å². The third-order valence-electron chi connectivity index (χ3n) is 1.96. The van der Waals surface area contributed by atoms with Gasteiger partial charge in [0, 0.05) is 4.90 Å². The molecule has 1 heterocycles. The van der Waals surface area contributed by atoms with Gasteiger partial charge in [0.15, 0.2) is 0 Å². The summed E-state index contributed by atoms with van der Waals surface area (Å²) in [6.07, 6.45) is 1.45. The molecule has 0 radical (unpaired) electrons. The Hall–Kier alpha value is -0.600. The van der Waals surface area contributed by atoms with Crippen molar-refractivity contribution in [2.45, 2.75) is 11.8 Å². The molecule has 0 aliphatic heterocycles. The molecule has 0 aliphatic carbocycles. The van der Waals surface area contributed by atoms with Gasteiger partial charge in [0.25, 0.3) is 0 Å². The number of tetrazole rings is 1. The second-order valence-electron chi connectivity index (χ2n) is 2.94. The Kier molecular flexibility index (Phi) is 4.75. The number of aryl methyl sites for hydroxylation is 1. The normalized spacial score (nSPS) is 11.9. The van der Waals surface area contributed by atoms with Crippen LogP contribution in [-0.4, -0.2) is 29.0 Å². The Bertz CT molecular complexity index is 503. The summed E-state index contributed by atoms with van der Waals surface area (Å²) >= 11 is -2.21. The number of benzene rings is 1. The third kappa shape index (κ3) is 2.74. The van der Waals surface area contributed by atoms with Crippen LogP contribution in [-0.2, 0) is 11.1 Å². The molecule has 0 amide bonds. The van der Waals surface area contributed by atoms with Crippen molar-refractivity contribution in [3.63, 3.8) is 0 Å². The third-order valence-corrected chi connectivity index (χ3v) is 2.60. The standard InChI is InChI=1S/C8H8N4O2S.Na/c1-6-4-7(15(13)14)2-3-8(6)12-5-9-10-11-12;/h2-5H,1H3,(H,13,14);/q;+1/p-1. The summed E-state index contributed by atoms with van der Waals surface area (Å²) in [6, 6.07) is 4.74. The van der Waals surface area contributed by atoms with Gasteiger partial charge in [-0.2, -0.15) is 0 Å². The van der Waals surface area contributed by atoms with E-state index in [-0.39, 0.29) is 34.5 Å². The average Bonchev–Trinajstić information content (AvgIpc) is 2.70. The number of rotatable bonds is 2. The van der Waals surface area contributed by atoms with E-state index in [4.69, 9.17) is 0 Å². The van der Waals surface area contributed by atoms with Crippen molar-refractivity contribution in [3.05, 3.63) is 30.1 Å². The molecule has 2 aromatic rings. The van der Waals surface area contributed by atoms with Gasteiger partial charge in [-0.3, -0.25) is 4.21 Å². The van der Waals surface area contributed by atoms with Gasteiger partial charge in [-0.25, -0.2) is 4.68 Å². The minimum atomic E-state index is -2.21. The van der Waals surface area contributed by atoms with E-state index in [1.54, 1.807) is 19.1 Å². The topological polar surface area (TPSA) is 83.7 Å². The molecular weight excluding hydrogens is 239 g/mol. The van der Waals surface area contributed by atoms with Crippen LogP contribution < -0.4 is 29.6 Å². The molecule has 0 aliphatic rings. The van der Waals surface area contributed by atoms with Crippen LogP contribution in [0.15, 0.2) is 29.4 Å². The summed E-state index contributed by atoms with van der Waals surface area (Å²) in [5.41, 5.74) is 1.55. The van der Waals surface area contributed by atoms with E-state index in [9.17, 15) is 8.76 Å². The van der Waals surface area contributed by atoms with Crippen LogP contribution in [0.1, 0.15) is 5.56 Å². The Morgan fingerprint density at radius 1 is 1.44 bits per heavy atom. The molecule has 0 saturated heterocycles. The molecule has 0 bridgehead atoms. The molecule has 1 atom stereocenters. The average molecular weight is 246 g/mol. The van der Waals surface area contributed by atoms with Gasteiger partial charge in [0.2, 0.25) is 0 Å². The summed E-state index contributed by atoms with van der Waals surface area (Å²) in [4.78, 5) is 0.254. The molecule has 6 nitrogen and oxygen atoms in total. The van der Waals surface area contributed by atoms with Crippen LogP contribution >= 0.6 is 0 Å². The van der Waals surface area contributed by atoms with Crippen LogP contribution in [0.25, 0.3) is 5.69 Å². The fourth-order valence-corrected chi connectivity index (χ4v) is 1.71. The Labute approximate surface area is 117 Å². The Balaban J connectivity index is 0.00000128. The van der Waals surface area contributed by atoms with Crippen LogP contribution in [0.5, 0.6) is 0 Å². The second kappa shape index (κ2) is 5.65. The van der Waals surface area contributed by atoms with Gasteiger partial charge < -0.3 is 4.55 Å². The molecule has 0 fully saturated rings. The smallest absolute Gasteiger partial charge is 0.768 e. The van der Waals surface area contributed by atoms with Gasteiger partial charge in [-0.05, 0) is 52.2 Å². The van der Waals surface area contributed by atoms with Crippen molar-refractivity contribution in [2.24, 2.45) is 0 Å². The van der Waals surface area contributed by atoms with Gasteiger partial charge in [0.05, 0.1) is 5.69 Å². The van der Waals surface area contributed by atoms with Gasteiger partial charge in [-0.1, -0.05) is 0 Å². The maximum absolute atomic E-state index is 10.7. The summed E-state index contributed by atoms with van der Waals surface area (Å²) < 4.78 is 22.9. The molecule has 2 rings (SSSR count). The van der Waals surface area contributed by atoms with E-state index in [0.29, 0.717) is 0 Å². The van der Waals surface area contributed by atoms with Crippen molar-refractivity contribution in [1.82, 2.24) is 20.2 Å². The van der Waals surface area contributed by atoms with Crippen LogP contribution in [0.2, 0.25) is 0 Å². The number of aromatic nitrogens is 4. The van der Waals surface area contributed by atoms with E-state index in [0.717, 1.165) is 11.3 Å². The fraction of sp³-hybridized carbons (Fsp3) is 0.125. The van der Waals surface area contributed by atoms with Crippen LogP contribution in [0, 0.1) is 6.92 Å². The minimum absolute atomic E-state index is 0. The van der Waals surface area contributed by atoms with Crippen molar-refractivity contribution >= 4 is 11.1 Å². The van der Waals surface area contributed by atoms with Crippen LogP contribution in [0.3, 0.4) is 0 Å². The summed E-state index contributed by atoms with van der Waals surface area (Å²) in [5, 5.41) is 10.7. The molecule has 78 valence electrons. The summed E-state index contributed by atoms with van der Waals surface area (Å²) in [5.74, 6) is 0. The second-order valence-corrected chi connectivity index (χ2v) is 3.88. The molecule has 1 aromatic carbocycles. The molecule has 8 heteroatoms. The van der Waals surface area contributed by atoms with E-state index in [1.807, 2.05) is 0 Å². The minimum Gasteiger partial charge on any atom is -0.768 e. The van der Waals surface area contributed by atoms with Crippen molar-refractivity contribution in [3.8, 4) is 5.69 Å². The predicted molar refractivity (Wildman–Crippen MR) is 51.1 cm³/mol. The first-order valence-corrected chi connectivity index (χ1v) is 5.19. The predicted octanol–water partition coefficient (Wildman–Crippen LogP) is -2.79. The number of nitrogens with zero attached hydrogens (tertiary/aromatic N) is 4. The van der Waals surface area contributed by atoms with E-state index in [1.165, 1.54) is 17.1 Å². The zero-order valence-corrected chi connectivity index (χ0v) is 11.6. The molecule has 0 saturated carbocycles. The van der Waals surface area contributed by atoms with Crippen LogP contribution in [0.4, 0.5) is 0 Å². The van der Waals surface area contributed by atoms with Crippen molar-refractivity contribution in [1.29, 1.82) is 0 Å². The summed E-state index contributed by atoms with van der Waals surface area (Å²) in [7, 11) is 0. The fourth-order valence-electron chi connectivity index (χ4n) is 1.26. The molecule has 1 unspecified atom stereocenters. The zero-order valence-electron chi connectivity index (χ0n) is 8.82. The van der Waals surface area contributed by atoms with E-state index < -0.39 is 11.1 Å². The Morgan fingerprint density at radius 3 is 2.69 bits per heavy atom. The largest absolute Gasteiger partial charge is 1.00 e. The first-order chi connectivity index (χ1) is 7.18. The van der Waals surface area contributed by atoms with Gasteiger partial charge in [-0.15, -0.1) is 5.10 Å². The van der Waals surface area contributed by atoms with E-state index >= 15 is 0 Å². The quantitative estimate of drug-likeness (QED) is 0.422. The molecule has 1 aromatic heterocycles. The van der Waals surface area contributed by atoms with Gasteiger partial charge >= 0.3 is 29.6 Å². The Morgan fingerprint density at radius 2 is 2.19 bits per heavy atom. The summed E-state index contributed by atoms with van der Waals surface area (Å²) in [6.45, 7) is 1.80. The zero-order chi connectivity index (χ0) is 10.8. The molecule has 0 N–H and O–H groups in total. The van der Waals surface area contributed by atoms with Gasteiger partial charge in [0.1, 0.15) is 6.33 Å². The maximum atomic E-state index is 10.7. The molecular formula is C8H7N4NaO2S. The first-order valence-electron chi connectivity index (χ1n) is 4.12. The first kappa shape index (κ1) is 13.5. The molecule has 0 spiro atoms. The number of hydrogen-bond acceptors (Lipinski definition) is 5. The maximum Gasteiger partial charge on any atom is 1.00 e. The van der Waals surface area contributed by atoms with Crippen molar-refractivity contribution < 1.29 is 38.3 Å². The monoisotopic (exact) mass is 246 g/mol. The number of hydrogen-bond donors (Lipinski definition) is 0. The molecule has 16 heavy (non-hydrogen) atoms.